The molecule has 2 aliphatic rings. The third kappa shape index (κ3) is 3.12. The van der Waals surface area contributed by atoms with Crippen LogP contribution in [0, 0.1) is 5.41 Å². The molecule has 152 valence electrons. The third-order valence-electron chi connectivity index (χ3n) is 6.29. The summed E-state index contributed by atoms with van der Waals surface area (Å²) in [5.74, 6) is 0.340. The molecule has 0 spiro atoms. The zero-order chi connectivity index (χ0) is 20.9. The largest absolute Gasteiger partial charge is 0.345 e. The van der Waals surface area contributed by atoms with E-state index in [-0.39, 0.29) is 11.9 Å². The van der Waals surface area contributed by atoms with Crippen LogP contribution in [0.15, 0.2) is 60.2 Å². The lowest BCUT2D eigenvalue weighted by atomic mass is 9.76. The Labute approximate surface area is 180 Å². The fourth-order valence-corrected chi connectivity index (χ4v) is 5.37. The Morgan fingerprint density at radius 3 is 2.57 bits per heavy atom. The van der Waals surface area contributed by atoms with Crippen LogP contribution >= 0.6 is 11.3 Å². The van der Waals surface area contributed by atoms with Gasteiger partial charge in [0.15, 0.2) is 5.96 Å². The minimum Gasteiger partial charge on any atom is -0.345 e. The summed E-state index contributed by atoms with van der Waals surface area (Å²) in [5, 5.41) is 13.8. The molecule has 1 aromatic carbocycles. The molecule has 2 aromatic heterocycles. The average Bonchev–Trinajstić information content (AvgIpc) is 3.48. The number of hydrogen-bond acceptors (Lipinski definition) is 4. The van der Waals surface area contributed by atoms with Crippen LogP contribution < -0.4 is 5.32 Å². The lowest BCUT2D eigenvalue weighted by Gasteiger charge is -2.45. The Morgan fingerprint density at radius 2 is 1.90 bits per heavy atom. The van der Waals surface area contributed by atoms with Gasteiger partial charge in [0.05, 0.1) is 11.5 Å². The van der Waals surface area contributed by atoms with Gasteiger partial charge in [-0.2, -0.15) is 0 Å². The fourth-order valence-electron chi connectivity index (χ4n) is 4.30. The Morgan fingerprint density at radius 1 is 1.17 bits per heavy atom. The maximum absolute atomic E-state index is 13.4. The van der Waals surface area contributed by atoms with E-state index in [1.54, 1.807) is 24.6 Å². The fraction of sp³-hybridized carbons (Fsp3) is 0.292. The summed E-state index contributed by atoms with van der Waals surface area (Å²) in [5.41, 5.74) is 3.75. The lowest BCUT2D eigenvalue weighted by Crippen LogP contribution is -2.62. The van der Waals surface area contributed by atoms with Crippen molar-refractivity contribution in [2.45, 2.75) is 37.1 Å². The maximum Gasteiger partial charge on any atom is 0.239 e. The summed E-state index contributed by atoms with van der Waals surface area (Å²) in [6.07, 6.45) is 6.12. The summed E-state index contributed by atoms with van der Waals surface area (Å²) in [6, 6.07) is 14.6. The van der Waals surface area contributed by atoms with E-state index in [1.165, 1.54) is 23.3 Å². The van der Waals surface area contributed by atoms with Gasteiger partial charge < -0.3 is 5.32 Å². The van der Waals surface area contributed by atoms with Gasteiger partial charge in [0, 0.05) is 29.9 Å². The van der Waals surface area contributed by atoms with Gasteiger partial charge in [0.1, 0.15) is 0 Å². The summed E-state index contributed by atoms with van der Waals surface area (Å²) in [4.78, 5) is 20.0. The van der Waals surface area contributed by atoms with Crippen LogP contribution in [0.25, 0.3) is 11.1 Å². The zero-order valence-electron chi connectivity index (χ0n) is 17.1. The molecule has 0 radical (unpaired) electrons. The van der Waals surface area contributed by atoms with Crippen molar-refractivity contribution in [3.8, 4) is 11.1 Å². The summed E-state index contributed by atoms with van der Waals surface area (Å²) < 4.78 is 0. The minimum atomic E-state index is -0.701. The lowest BCUT2D eigenvalue weighted by molar-refractivity contribution is -0.131. The predicted octanol–water partition coefficient (Wildman–Crippen LogP) is 4.68. The average molecular weight is 417 g/mol. The molecular weight excluding hydrogens is 392 g/mol. The molecule has 2 N–H and O–H groups in total. The normalized spacial score (nSPS) is 24.1. The van der Waals surface area contributed by atoms with Crippen LogP contribution in [0.5, 0.6) is 0 Å². The first-order valence-corrected chi connectivity index (χ1v) is 11.1. The monoisotopic (exact) mass is 416 g/mol. The van der Waals surface area contributed by atoms with E-state index in [2.05, 4.69) is 46.0 Å². The van der Waals surface area contributed by atoms with E-state index in [0.29, 0.717) is 5.92 Å². The highest BCUT2D eigenvalue weighted by Crippen LogP contribution is 2.45. The molecule has 5 nitrogen and oxygen atoms in total. The third-order valence-corrected chi connectivity index (χ3v) is 7.46. The van der Waals surface area contributed by atoms with Crippen molar-refractivity contribution in [3.63, 3.8) is 0 Å². The van der Waals surface area contributed by atoms with Crippen LogP contribution in [-0.4, -0.2) is 28.8 Å². The molecule has 0 unspecified atom stereocenters. The molecule has 30 heavy (non-hydrogen) atoms. The van der Waals surface area contributed by atoms with Crippen LogP contribution in [0.4, 0.5) is 0 Å². The SMILES string of the molecule is CN1C(=N)N[C@](C)(c2cc(-c3cccnc3)cs2)[C@H](c2ccc(C3CC3)cc2)C1=O. The van der Waals surface area contributed by atoms with E-state index >= 15 is 0 Å². The first kappa shape index (κ1) is 19.0. The van der Waals surface area contributed by atoms with Gasteiger partial charge in [0.25, 0.3) is 0 Å². The molecule has 6 heteroatoms. The molecule has 3 heterocycles. The van der Waals surface area contributed by atoms with Crippen LogP contribution in [0.1, 0.15) is 47.6 Å². The molecule has 1 saturated heterocycles. The molecular formula is C24H24N4OS. The second-order valence-corrected chi connectivity index (χ2v) is 9.30. The van der Waals surface area contributed by atoms with Crippen molar-refractivity contribution in [1.82, 2.24) is 15.2 Å². The van der Waals surface area contributed by atoms with Crippen molar-refractivity contribution in [3.05, 3.63) is 76.2 Å². The number of amides is 1. The first-order valence-electron chi connectivity index (χ1n) is 10.2. The van der Waals surface area contributed by atoms with Crippen molar-refractivity contribution < 1.29 is 4.79 Å². The van der Waals surface area contributed by atoms with E-state index in [0.717, 1.165) is 21.6 Å². The Hall–Kier alpha value is -2.99. The van der Waals surface area contributed by atoms with Crippen LogP contribution in [-0.2, 0) is 10.3 Å². The highest BCUT2D eigenvalue weighted by molar-refractivity contribution is 7.10. The van der Waals surface area contributed by atoms with Gasteiger partial charge in [-0.25, -0.2) is 0 Å². The van der Waals surface area contributed by atoms with Gasteiger partial charge in [0.2, 0.25) is 5.91 Å². The number of nitrogens with one attached hydrogen (secondary N) is 2. The van der Waals surface area contributed by atoms with Gasteiger partial charge in [-0.3, -0.25) is 20.1 Å². The number of aromatic nitrogens is 1. The van der Waals surface area contributed by atoms with Gasteiger partial charge in [-0.15, -0.1) is 11.3 Å². The second-order valence-electron chi connectivity index (χ2n) is 8.39. The number of hydrogen-bond donors (Lipinski definition) is 2. The van der Waals surface area contributed by atoms with Crippen molar-refractivity contribution >= 4 is 23.2 Å². The Balaban J connectivity index is 1.57. The molecule has 1 amide bonds. The summed E-state index contributed by atoms with van der Waals surface area (Å²) >= 11 is 1.61. The van der Waals surface area contributed by atoms with Gasteiger partial charge in [-0.1, -0.05) is 30.3 Å². The number of rotatable bonds is 4. The number of likely N-dealkylation sites (N-methyl/N-ethyl adjacent to an activating group) is 1. The molecule has 2 fully saturated rings. The van der Waals surface area contributed by atoms with E-state index in [9.17, 15) is 4.79 Å². The number of thiophene rings is 1. The van der Waals surface area contributed by atoms with Crippen molar-refractivity contribution in [2.75, 3.05) is 7.05 Å². The van der Waals surface area contributed by atoms with Crippen LogP contribution in [0.2, 0.25) is 0 Å². The standard InChI is InChI=1S/C24H24N4OS/c1-24(20-12-19(14-30-20)18-4-3-11-26-13-18)21(22(29)28(2)23(25)27-24)17-9-7-16(8-10-17)15-5-6-15/h3-4,7-15,21H,5-6H2,1-2H3,(H2,25,27)/t21-,24-/m1/s1. The molecule has 1 aliphatic carbocycles. The second kappa shape index (κ2) is 7.06. The van der Waals surface area contributed by atoms with Crippen LogP contribution in [0.3, 0.4) is 0 Å². The zero-order valence-corrected chi connectivity index (χ0v) is 17.9. The summed E-state index contributed by atoms with van der Waals surface area (Å²) in [6.45, 7) is 2.03. The molecule has 1 saturated carbocycles. The van der Waals surface area contributed by atoms with E-state index in [1.807, 2.05) is 25.3 Å². The Bertz CT molecular complexity index is 1100. The number of pyridine rings is 1. The molecule has 1 aliphatic heterocycles. The highest BCUT2D eigenvalue weighted by Gasteiger charge is 2.49. The number of benzene rings is 1. The van der Waals surface area contributed by atoms with Gasteiger partial charge >= 0.3 is 0 Å². The number of guanidine groups is 1. The predicted molar refractivity (Wildman–Crippen MR) is 120 cm³/mol. The number of carbonyl (C=O) groups is 1. The molecule has 3 aromatic rings. The minimum absolute atomic E-state index is 0.0586. The highest BCUT2D eigenvalue weighted by atomic mass is 32.1. The molecule has 0 bridgehead atoms. The number of carbonyl (C=O) groups excluding carboxylic acids is 1. The topological polar surface area (TPSA) is 69.1 Å². The van der Waals surface area contributed by atoms with E-state index < -0.39 is 11.5 Å². The smallest absolute Gasteiger partial charge is 0.239 e. The number of nitrogens with zero attached hydrogens (tertiary/aromatic N) is 2. The molecule has 2 atom stereocenters. The van der Waals surface area contributed by atoms with Crippen molar-refractivity contribution in [1.29, 1.82) is 5.41 Å². The van der Waals surface area contributed by atoms with E-state index in [4.69, 9.17) is 5.41 Å². The summed E-state index contributed by atoms with van der Waals surface area (Å²) in [7, 11) is 1.66. The quantitative estimate of drug-likeness (QED) is 0.649. The Kier molecular flexibility index (Phi) is 4.47. The van der Waals surface area contributed by atoms with Crippen molar-refractivity contribution in [2.24, 2.45) is 0 Å². The maximum atomic E-state index is 13.4. The van der Waals surface area contributed by atoms with Gasteiger partial charge in [-0.05, 0) is 59.9 Å². The molecule has 5 rings (SSSR count). The first-order chi connectivity index (χ1) is 14.5.